The van der Waals surface area contributed by atoms with Crippen LogP contribution in [0.15, 0.2) is 49.1 Å². The summed E-state index contributed by atoms with van der Waals surface area (Å²) < 4.78 is 1.94. The van der Waals surface area contributed by atoms with Crippen molar-refractivity contribution in [1.29, 1.82) is 0 Å². The number of hydrogen-bond acceptors (Lipinski definition) is 2. The monoisotopic (exact) mass is 321 g/mol. The highest BCUT2D eigenvalue weighted by atomic mass is 16.2. The average Bonchev–Trinajstić information content (AvgIpc) is 3.31. The Labute approximate surface area is 143 Å². The number of carbonyl (C=O) groups is 1. The van der Waals surface area contributed by atoms with Gasteiger partial charge in [-0.2, -0.15) is 0 Å². The minimum atomic E-state index is 0.193. The van der Waals surface area contributed by atoms with Gasteiger partial charge < -0.3 is 9.47 Å². The Kier molecular flexibility index (Phi) is 5.68. The van der Waals surface area contributed by atoms with Crippen LogP contribution in [0, 0.1) is 11.8 Å². The number of carbonyl (C=O) groups excluding carboxylic acids is 1. The third kappa shape index (κ3) is 4.48. The lowest BCUT2D eigenvalue weighted by Crippen LogP contribution is -2.39. The van der Waals surface area contributed by atoms with E-state index >= 15 is 0 Å². The molecule has 1 amide bonds. The Bertz CT molecular complexity index is 691. The molecule has 0 atom stereocenters. The van der Waals surface area contributed by atoms with Gasteiger partial charge in [0.05, 0.1) is 12.9 Å². The van der Waals surface area contributed by atoms with Crippen LogP contribution in [0.25, 0.3) is 0 Å². The maximum atomic E-state index is 12.7. The van der Waals surface area contributed by atoms with Crippen LogP contribution in [0.2, 0.25) is 0 Å². The molecule has 2 aromatic rings. The minimum Gasteiger partial charge on any atom is -0.337 e. The lowest BCUT2D eigenvalue weighted by molar-refractivity contribution is -0.132. The van der Waals surface area contributed by atoms with Crippen molar-refractivity contribution in [2.75, 3.05) is 6.54 Å². The molecule has 0 aliphatic heterocycles. The van der Waals surface area contributed by atoms with Crippen LogP contribution in [-0.2, 0) is 11.3 Å². The van der Waals surface area contributed by atoms with Crippen LogP contribution in [0.3, 0.4) is 0 Å². The highest BCUT2D eigenvalue weighted by molar-refractivity contribution is 5.76. The molecule has 0 unspecified atom stereocenters. The fourth-order valence-corrected chi connectivity index (χ4v) is 3.17. The summed E-state index contributed by atoms with van der Waals surface area (Å²) in [6, 6.07) is 10.3. The summed E-state index contributed by atoms with van der Waals surface area (Å²) in [5.74, 6) is 6.55. The predicted octanol–water partition coefficient (Wildman–Crippen LogP) is 3.10. The number of aromatic nitrogens is 2. The van der Waals surface area contributed by atoms with Crippen molar-refractivity contribution in [2.24, 2.45) is 0 Å². The molecule has 1 saturated carbocycles. The zero-order valence-electron chi connectivity index (χ0n) is 13.9. The first-order valence-electron chi connectivity index (χ1n) is 8.62. The number of amides is 1. The van der Waals surface area contributed by atoms with E-state index in [0.29, 0.717) is 25.6 Å². The van der Waals surface area contributed by atoms with Crippen LogP contribution in [0.1, 0.15) is 37.7 Å². The predicted molar refractivity (Wildman–Crippen MR) is 94.1 cm³/mol. The highest BCUT2D eigenvalue weighted by Gasteiger charge is 2.25. The van der Waals surface area contributed by atoms with Crippen LogP contribution >= 0.6 is 0 Å². The lowest BCUT2D eigenvalue weighted by atomic mass is 10.2. The number of rotatable bonds is 5. The number of imidazole rings is 1. The number of benzene rings is 1. The number of nitrogens with zero attached hydrogens (tertiary/aromatic N) is 3. The summed E-state index contributed by atoms with van der Waals surface area (Å²) in [5.41, 5.74) is 0.995. The molecule has 4 nitrogen and oxygen atoms in total. The Morgan fingerprint density at radius 3 is 2.75 bits per heavy atom. The molecule has 0 radical (unpaired) electrons. The van der Waals surface area contributed by atoms with Gasteiger partial charge in [-0.1, -0.05) is 42.9 Å². The van der Waals surface area contributed by atoms with Gasteiger partial charge in [-0.15, -0.1) is 0 Å². The average molecular weight is 321 g/mol. The Morgan fingerprint density at radius 1 is 1.25 bits per heavy atom. The van der Waals surface area contributed by atoms with E-state index in [4.69, 9.17) is 0 Å². The van der Waals surface area contributed by atoms with E-state index in [1.165, 1.54) is 12.8 Å². The van der Waals surface area contributed by atoms with Crippen molar-refractivity contribution in [1.82, 2.24) is 14.5 Å². The number of hydrogen-bond donors (Lipinski definition) is 0. The van der Waals surface area contributed by atoms with Crippen molar-refractivity contribution >= 4 is 5.91 Å². The maximum absolute atomic E-state index is 12.7. The van der Waals surface area contributed by atoms with Gasteiger partial charge in [-0.05, 0) is 25.0 Å². The fraction of sp³-hybridized carbons (Fsp3) is 0.400. The molecule has 1 aromatic heterocycles. The molecule has 1 aliphatic carbocycles. The Hall–Kier alpha value is -2.54. The third-order valence-electron chi connectivity index (χ3n) is 4.48. The molecule has 1 aromatic carbocycles. The van der Waals surface area contributed by atoms with Gasteiger partial charge in [0, 0.05) is 37.0 Å². The van der Waals surface area contributed by atoms with E-state index in [1.807, 2.05) is 46.0 Å². The van der Waals surface area contributed by atoms with Gasteiger partial charge >= 0.3 is 0 Å². The fourth-order valence-electron chi connectivity index (χ4n) is 3.17. The van der Waals surface area contributed by atoms with Gasteiger partial charge in [-0.25, -0.2) is 4.98 Å². The zero-order chi connectivity index (χ0) is 16.6. The normalized spacial score (nSPS) is 14.2. The Balaban J connectivity index is 1.62. The van der Waals surface area contributed by atoms with E-state index in [9.17, 15) is 4.79 Å². The quantitative estimate of drug-likeness (QED) is 0.794. The van der Waals surface area contributed by atoms with E-state index in [0.717, 1.165) is 18.4 Å². The first-order valence-corrected chi connectivity index (χ1v) is 8.62. The summed E-state index contributed by atoms with van der Waals surface area (Å²) in [4.78, 5) is 18.7. The first kappa shape index (κ1) is 16.3. The van der Waals surface area contributed by atoms with Gasteiger partial charge in [0.2, 0.25) is 5.91 Å². The largest absolute Gasteiger partial charge is 0.337 e. The van der Waals surface area contributed by atoms with Gasteiger partial charge in [0.1, 0.15) is 0 Å². The Morgan fingerprint density at radius 2 is 2.04 bits per heavy atom. The summed E-state index contributed by atoms with van der Waals surface area (Å²) in [6.45, 7) is 1.19. The summed E-state index contributed by atoms with van der Waals surface area (Å²) in [6.07, 6.45) is 10.5. The lowest BCUT2D eigenvalue weighted by Gasteiger charge is -2.27. The second kappa shape index (κ2) is 8.35. The second-order valence-corrected chi connectivity index (χ2v) is 6.18. The third-order valence-corrected chi connectivity index (χ3v) is 4.48. The summed E-state index contributed by atoms with van der Waals surface area (Å²) in [5, 5.41) is 0. The maximum Gasteiger partial charge on any atom is 0.225 e. The van der Waals surface area contributed by atoms with Gasteiger partial charge in [-0.3, -0.25) is 4.79 Å². The topological polar surface area (TPSA) is 38.1 Å². The molecule has 0 saturated heterocycles. The molecule has 1 aliphatic rings. The highest BCUT2D eigenvalue weighted by Crippen LogP contribution is 2.23. The van der Waals surface area contributed by atoms with E-state index in [-0.39, 0.29) is 5.91 Å². The van der Waals surface area contributed by atoms with Crippen LogP contribution in [-0.4, -0.2) is 32.9 Å². The molecule has 124 valence electrons. The van der Waals surface area contributed by atoms with Crippen LogP contribution in [0.4, 0.5) is 0 Å². The molecular formula is C20H23N3O. The van der Waals surface area contributed by atoms with Crippen molar-refractivity contribution in [3.63, 3.8) is 0 Å². The molecular weight excluding hydrogens is 298 g/mol. The summed E-state index contributed by atoms with van der Waals surface area (Å²) in [7, 11) is 0. The molecule has 0 spiro atoms. The van der Waals surface area contributed by atoms with E-state index < -0.39 is 0 Å². The first-order chi connectivity index (χ1) is 11.8. The molecule has 1 fully saturated rings. The van der Waals surface area contributed by atoms with E-state index in [1.54, 1.807) is 12.5 Å². The minimum absolute atomic E-state index is 0.193. The summed E-state index contributed by atoms with van der Waals surface area (Å²) >= 11 is 0. The van der Waals surface area contributed by atoms with Crippen molar-refractivity contribution in [3.8, 4) is 11.8 Å². The van der Waals surface area contributed by atoms with Crippen molar-refractivity contribution in [2.45, 2.75) is 44.7 Å². The SMILES string of the molecule is O=C(CCn1ccnc1)N(CC#Cc1ccccc1)C1CCCC1. The zero-order valence-corrected chi connectivity index (χ0v) is 13.9. The molecule has 0 N–H and O–H groups in total. The van der Waals surface area contributed by atoms with Crippen LogP contribution < -0.4 is 0 Å². The smallest absolute Gasteiger partial charge is 0.225 e. The van der Waals surface area contributed by atoms with Gasteiger partial charge in [0.15, 0.2) is 0 Å². The van der Waals surface area contributed by atoms with Crippen molar-refractivity contribution in [3.05, 3.63) is 54.6 Å². The standard InChI is InChI=1S/C20H23N3O/c24-20(12-15-22-16-13-21-17-22)23(19-10-4-5-11-19)14-6-9-18-7-2-1-3-8-18/h1-3,7-8,13,16-17,19H,4-5,10-12,14-15H2. The second-order valence-electron chi connectivity index (χ2n) is 6.18. The van der Waals surface area contributed by atoms with Gasteiger partial charge in [0.25, 0.3) is 0 Å². The molecule has 24 heavy (non-hydrogen) atoms. The molecule has 3 rings (SSSR count). The molecule has 1 heterocycles. The van der Waals surface area contributed by atoms with E-state index in [2.05, 4.69) is 16.8 Å². The van der Waals surface area contributed by atoms with Crippen molar-refractivity contribution < 1.29 is 4.79 Å². The molecule has 4 heteroatoms. The number of aryl methyl sites for hydroxylation is 1. The molecule has 0 bridgehead atoms. The van der Waals surface area contributed by atoms with Crippen LogP contribution in [0.5, 0.6) is 0 Å².